The van der Waals surface area contributed by atoms with Crippen LogP contribution in [0.25, 0.3) is 0 Å². The summed E-state index contributed by atoms with van der Waals surface area (Å²) in [5.41, 5.74) is 0. The Morgan fingerprint density at radius 1 is 1.24 bits per heavy atom. The summed E-state index contributed by atoms with van der Waals surface area (Å²) < 4.78 is 5.28. The minimum absolute atomic E-state index is 0.142. The predicted molar refractivity (Wildman–Crippen MR) is 72.8 cm³/mol. The highest BCUT2D eigenvalue weighted by atomic mass is 16.5. The Bertz CT molecular complexity index is 428. The fourth-order valence-electron chi connectivity index (χ4n) is 2.76. The number of urea groups is 1. The minimum Gasteiger partial charge on any atom is -0.480 e. The van der Waals surface area contributed by atoms with Gasteiger partial charge in [0.2, 0.25) is 5.91 Å². The average Bonchev–Trinajstić information content (AvgIpc) is 2.96. The summed E-state index contributed by atoms with van der Waals surface area (Å²) >= 11 is 0. The van der Waals surface area contributed by atoms with Crippen molar-refractivity contribution in [1.29, 1.82) is 0 Å². The predicted octanol–water partition coefficient (Wildman–Crippen LogP) is -0.508. The highest BCUT2D eigenvalue weighted by Crippen LogP contribution is 2.21. The van der Waals surface area contributed by atoms with Gasteiger partial charge in [0.1, 0.15) is 12.1 Å². The van der Waals surface area contributed by atoms with Crippen LogP contribution in [0.15, 0.2) is 0 Å². The third-order valence-corrected chi connectivity index (χ3v) is 3.81. The number of morpholine rings is 1. The topological polar surface area (TPSA) is 99.2 Å². The molecule has 2 rings (SSSR count). The number of nitrogens with zero attached hydrogens (tertiary/aromatic N) is 2. The number of aliphatic carboxylic acids is 1. The van der Waals surface area contributed by atoms with Gasteiger partial charge in [0.25, 0.3) is 0 Å². The number of hydrogen-bond donors (Lipinski definition) is 2. The second-order valence-electron chi connectivity index (χ2n) is 5.15. The van der Waals surface area contributed by atoms with Crippen molar-refractivity contribution < 1.29 is 24.2 Å². The summed E-state index contributed by atoms with van der Waals surface area (Å²) in [6.07, 6.45) is 1.12. The molecule has 8 nitrogen and oxygen atoms in total. The fourth-order valence-corrected chi connectivity index (χ4v) is 2.76. The maximum absolute atomic E-state index is 12.6. The van der Waals surface area contributed by atoms with Gasteiger partial charge < -0.3 is 25.0 Å². The van der Waals surface area contributed by atoms with Gasteiger partial charge in [0.15, 0.2) is 0 Å². The Morgan fingerprint density at radius 2 is 1.95 bits per heavy atom. The van der Waals surface area contributed by atoms with Crippen molar-refractivity contribution in [2.24, 2.45) is 0 Å². The van der Waals surface area contributed by atoms with Crippen LogP contribution in [0.3, 0.4) is 0 Å². The molecule has 1 unspecified atom stereocenters. The van der Waals surface area contributed by atoms with Gasteiger partial charge in [0.05, 0.1) is 13.2 Å². The second-order valence-corrected chi connectivity index (χ2v) is 5.15. The molecule has 118 valence electrons. The molecule has 0 aromatic carbocycles. The molecule has 0 bridgehead atoms. The molecule has 3 amide bonds. The third kappa shape index (κ3) is 3.26. The van der Waals surface area contributed by atoms with Gasteiger partial charge in [-0.2, -0.15) is 0 Å². The van der Waals surface area contributed by atoms with Crippen LogP contribution in [0, 0.1) is 0 Å². The normalized spacial score (nSPS) is 25.8. The van der Waals surface area contributed by atoms with Crippen LogP contribution in [-0.2, 0) is 14.3 Å². The highest BCUT2D eigenvalue weighted by Gasteiger charge is 2.40. The molecule has 2 aliphatic heterocycles. The zero-order valence-corrected chi connectivity index (χ0v) is 12.1. The van der Waals surface area contributed by atoms with E-state index in [-0.39, 0.29) is 18.5 Å². The SMILES string of the molecule is CCNC(=O)C1COCCN1C(=O)N1CCC[C@H]1C(=O)O. The summed E-state index contributed by atoms with van der Waals surface area (Å²) in [4.78, 5) is 38.6. The van der Waals surface area contributed by atoms with Crippen molar-refractivity contribution in [3.8, 4) is 0 Å². The zero-order valence-electron chi connectivity index (χ0n) is 12.1. The summed E-state index contributed by atoms with van der Waals surface area (Å²) in [7, 11) is 0. The van der Waals surface area contributed by atoms with E-state index in [4.69, 9.17) is 4.74 Å². The molecule has 2 atom stereocenters. The standard InChI is InChI=1S/C13H21N3O5/c1-2-14-11(17)10-8-21-7-6-16(10)13(20)15-5-3-4-9(15)12(18)19/h9-10H,2-8H2,1H3,(H,14,17)(H,18,19)/t9-,10?/m0/s1. The Kier molecular flexibility index (Phi) is 5.00. The van der Waals surface area contributed by atoms with Crippen LogP contribution in [0.5, 0.6) is 0 Å². The van der Waals surface area contributed by atoms with Crippen molar-refractivity contribution in [3.05, 3.63) is 0 Å². The first kappa shape index (κ1) is 15.6. The van der Waals surface area contributed by atoms with E-state index in [2.05, 4.69) is 5.32 Å². The summed E-state index contributed by atoms with van der Waals surface area (Å²) in [5, 5.41) is 11.9. The Labute approximate surface area is 123 Å². The van der Waals surface area contributed by atoms with E-state index in [9.17, 15) is 19.5 Å². The molecule has 0 aromatic heterocycles. The van der Waals surface area contributed by atoms with E-state index in [1.165, 1.54) is 9.80 Å². The fraction of sp³-hybridized carbons (Fsp3) is 0.769. The molecule has 2 saturated heterocycles. The quantitative estimate of drug-likeness (QED) is 0.731. The van der Waals surface area contributed by atoms with Gasteiger partial charge in [-0.3, -0.25) is 4.79 Å². The van der Waals surface area contributed by atoms with E-state index in [1.54, 1.807) is 6.92 Å². The molecular weight excluding hydrogens is 278 g/mol. The summed E-state index contributed by atoms with van der Waals surface area (Å²) in [6.45, 7) is 3.47. The van der Waals surface area contributed by atoms with E-state index >= 15 is 0 Å². The molecule has 21 heavy (non-hydrogen) atoms. The van der Waals surface area contributed by atoms with Gasteiger partial charge in [-0.05, 0) is 19.8 Å². The van der Waals surface area contributed by atoms with Crippen molar-refractivity contribution in [2.75, 3.05) is 32.8 Å². The lowest BCUT2D eigenvalue weighted by molar-refractivity contribution is -0.141. The maximum Gasteiger partial charge on any atom is 0.326 e. The number of likely N-dealkylation sites (tertiary alicyclic amines) is 1. The Morgan fingerprint density at radius 3 is 2.62 bits per heavy atom. The molecule has 2 N–H and O–H groups in total. The van der Waals surface area contributed by atoms with E-state index in [0.29, 0.717) is 39.1 Å². The number of carboxylic acid groups (broad SMARTS) is 1. The van der Waals surface area contributed by atoms with Crippen LogP contribution in [0.1, 0.15) is 19.8 Å². The molecule has 2 aliphatic rings. The molecule has 2 fully saturated rings. The molecule has 2 heterocycles. The number of amides is 3. The second kappa shape index (κ2) is 6.75. The largest absolute Gasteiger partial charge is 0.480 e. The summed E-state index contributed by atoms with van der Waals surface area (Å²) in [6, 6.07) is -1.88. The Hall–Kier alpha value is -1.83. The number of carbonyl (C=O) groups excluding carboxylic acids is 2. The smallest absolute Gasteiger partial charge is 0.326 e. The zero-order chi connectivity index (χ0) is 15.4. The number of hydrogen-bond acceptors (Lipinski definition) is 4. The van der Waals surface area contributed by atoms with Gasteiger partial charge in [-0.15, -0.1) is 0 Å². The van der Waals surface area contributed by atoms with E-state index in [0.717, 1.165) is 0 Å². The van der Waals surface area contributed by atoms with Gasteiger partial charge >= 0.3 is 12.0 Å². The first-order valence-corrected chi connectivity index (χ1v) is 7.21. The average molecular weight is 299 g/mol. The van der Waals surface area contributed by atoms with E-state index in [1.807, 2.05) is 0 Å². The van der Waals surface area contributed by atoms with Crippen molar-refractivity contribution in [3.63, 3.8) is 0 Å². The Balaban J connectivity index is 2.11. The molecule has 0 spiro atoms. The maximum atomic E-state index is 12.6. The molecule has 0 aliphatic carbocycles. The molecule has 0 saturated carbocycles. The van der Waals surface area contributed by atoms with Crippen LogP contribution < -0.4 is 5.32 Å². The lowest BCUT2D eigenvalue weighted by atomic mass is 10.2. The number of likely N-dealkylation sites (N-methyl/N-ethyl adjacent to an activating group) is 1. The molecule has 0 radical (unpaired) electrons. The van der Waals surface area contributed by atoms with Crippen LogP contribution in [-0.4, -0.2) is 77.7 Å². The van der Waals surface area contributed by atoms with Gasteiger partial charge in [-0.25, -0.2) is 9.59 Å². The van der Waals surface area contributed by atoms with Crippen LogP contribution in [0.2, 0.25) is 0 Å². The number of carboxylic acids is 1. The molecular formula is C13H21N3O5. The van der Waals surface area contributed by atoms with Gasteiger partial charge in [-0.1, -0.05) is 0 Å². The third-order valence-electron chi connectivity index (χ3n) is 3.81. The van der Waals surface area contributed by atoms with Crippen molar-refractivity contribution in [2.45, 2.75) is 31.8 Å². The van der Waals surface area contributed by atoms with Crippen molar-refractivity contribution in [1.82, 2.24) is 15.1 Å². The van der Waals surface area contributed by atoms with E-state index < -0.39 is 18.1 Å². The monoisotopic (exact) mass is 299 g/mol. The van der Waals surface area contributed by atoms with Gasteiger partial charge in [0, 0.05) is 19.6 Å². The minimum atomic E-state index is -0.997. The molecule has 0 aromatic rings. The summed E-state index contributed by atoms with van der Waals surface area (Å²) in [5.74, 6) is -1.26. The van der Waals surface area contributed by atoms with Crippen molar-refractivity contribution >= 4 is 17.9 Å². The first-order valence-electron chi connectivity index (χ1n) is 7.21. The number of rotatable bonds is 3. The number of carbonyl (C=O) groups is 3. The molecule has 8 heteroatoms. The lowest BCUT2D eigenvalue weighted by Gasteiger charge is -2.37. The van der Waals surface area contributed by atoms with Crippen LogP contribution >= 0.6 is 0 Å². The number of ether oxygens (including phenoxy) is 1. The number of nitrogens with one attached hydrogen (secondary N) is 1. The first-order chi connectivity index (χ1) is 10.1. The highest BCUT2D eigenvalue weighted by molar-refractivity contribution is 5.89. The van der Waals surface area contributed by atoms with Crippen LogP contribution in [0.4, 0.5) is 4.79 Å². The lowest BCUT2D eigenvalue weighted by Crippen LogP contribution is -2.60.